The summed E-state index contributed by atoms with van der Waals surface area (Å²) in [6.07, 6.45) is -0.893. The molecule has 1 aromatic carbocycles. The van der Waals surface area contributed by atoms with Gasteiger partial charge in [0.1, 0.15) is 0 Å². The van der Waals surface area contributed by atoms with Crippen molar-refractivity contribution in [2.75, 3.05) is 0 Å². The number of hydrogen-bond donors (Lipinski definition) is 1. The van der Waals surface area contributed by atoms with Crippen LogP contribution in [0.3, 0.4) is 0 Å². The molecule has 0 amide bonds. The lowest BCUT2D eigenvalue weighted by Crippen LogP contribution is -2.05. The van der Waals surface area contributed by atoms with Gasteiger partial charge < -0.3 is 5.73 Å². The van der Waals surface area contributed by atoms with Crippen molar-refractivity contribution in [3.8, 4) is 0 Å². The van der Waals surface area contributed by atoms with Crippen LogP contribution >= 0.6 is 0 Å². The van der Waals surface area contributed by atoms with Crippen LogP contribution in [0.5, 0.6) is 0 Å². The van der Waals surface area contributed by atoms with Gasteiger partial charge >= 0.3 is 0 Å². The van der Waals surface area contributed by atoms with Crippen LogP contribution < -0.4 is 5.73 Å². The minimum Gasteiger partial charge on any atom is -0.324 e. The molecule has 1 atom stereocenters. The Morgan fingerprint density at radius 1 is 1.38 bits per heavy atom. The van der Waals surface area contributed by atoms with Crippen LogP contribution in [0.15, 0.2) is 18.2 Å². The Bertz CT molecular complexity index is 323. The molecule has 0 aromatic heterocycles. The van der Waals surface area contributed by atoms with E-state index in [1.54, 1.807) is 6.07 Å². The highest BCUT2D eigenvalue weighted by molar-refractivity contribution is 5.41. The molecule has 1 aliphatic rings. The van der Waals surface area contributed by atoms with Gasteiger partial charge in [-0.15, -0.1) is 0 Å². The molecule has 0 fully saturated rings. The molecule has 0 saturated carbocycles. The Morgan fingerprint density at radius 2 is 2.15 bits per heavy atom. The van der Waals surface area contributed by atoms with Gasteiger partial charge in [0.2, 0.25) is 0 Å². The molecule has 1 nitrogen and oxygen atoms in total. The smallest absolute Gasteiger partial charge is 0.264 e. The Kier molecular flexibility index (Phi) is 2.04. The lowest BCUT2D eigenvalue weighted by molar-refractivity contribution is 0.150. The molecule has 0 heterocycles. The van der Waals surface area contributed by atoms with E-state index in [4.69, 9.17) is 5.73 Å². The van der Waals surface area contributed by atoms with Gasteiger partial charge in [-0.1, -0.05) is 18.2 Å². The molecule has 13 heavy (non-hydrogen) atoms. The van der Waals surface area contributed by atoms with E-state index in [9.17, 15) is 8.78 Å². The van der Waals surface area contributed by atoms with Gasteiger partial charge in [0, 0.05) is 11.6 Å². The maximum absolute atomic E-state index is 12.5. The van der Waals surface area contributed by atoms with E-state index >= 15 is 0 Å². The van der Waals surface area contributed by atoms with Gasteiger partial charge in [-0.2, -0.15) is 0 Å². The molecular formula is C10H11F2N. The summed E-state index contributed by atoms with van der Waals surface area (Å²) in [5.74, 6) is 0. The summed E-state index contributed by atoms with van der Waals surface area (Å²) in [5.41, 5.74) is 7.60. The SMILES string of the molecule is N[C@@H]1CCc2c(C(F)F)cccc21. The highest BCUT2D eigenvalue weighted by Crippen LogP contribution is 2.35. The molecule has 2 N–H and O–H groups in total. The fourth-order valence-electron chi connectivity index (χ4n) is 1.92. The number of benzene rings is 1. The number of hydrogen-bond acceptors (Lipinski definition) is 1. The topological polar surface area (TPSA) is 26.0 Å². The Morgan fingerprint density at radius 3 is 2.85 bits per heavy atom. The van der Waals surface area contributed by atoms with Crippen molar-refractivity contribution in [2.45, 2.75) is 25.3 Å². The molecule has 1 aliphatic carbocycles. The lowest BCUT2D eigenvalue weighted by atomic mass is 10.0. The van der Waals surface area contributed by atoms with Gasteiger partial charge in [-0.3, -0.25) is 0 Å². The predicted molar refractivity (Wildman–Crippen MR) is 46.6 cm³/mol. The standard InChI is InChI=1S/C10H11F2N/c11-10(12)8-3-1-2-7-6(8)4-5-9(7)13/h1-3,9-10H,4-5,13H2/t9-/m1/s1. The van der Waals surface area contributed by atoms with Crippen LogP contribution in [0, 0.1) is 0 Å². The Hall–Kier alpha value is -0.960. The van der Waals surface area contributed by atoms with E-state index in [0.29, 0.717) is 6.42 Å². The maximum Gasteiger partial charge on any atom is 0.264 e. The third-order valence-electron chi connectivity index (χ3n) is 2.59. The van der Waals surface area contributed by atoms with Gasteiger partial charge in [0.25, 0.3) is 6.43 Å². The highest BCUT2D eigenvalue weighted by atomic mass is 19.3. The molecule has 3 heteroatoms. The number of fused-ring (bicyclic) bond motifs is 1. The lowest BCUT2D eigenvalue weighted by Gasteiger charge is -2.08. The van der Waals surface area contributed by atoms with Gasteiger partial charge in [-0.25, -0.2) is 8.78 Å². The quantitative estimate of drug-likeness (QED) is 0.711. The second-order valence-corrected chi connectivity index (χ2v) is 3.36. The number of nitrogens with two attached hydrogens (primary N) is 1. The van der Waals surface area contributed by atoms with Crippen molar-refractivity contribution in [3.63, 3.8) is 0 Å². The zero-order valence-electron chi connectivity index (χ0n) is 7.13. The van der Waals surface area contributed by atoms with E-state index in [1.807, 2.05) is 6.07 Å². The molecule has 0 saturated heterocycles. The summed E-state index contributed by atoms with van der Waals surface area (Å²) in [5, 5.41) is 0. The Balaban J connectivity index is 2.51. The maximum atomic E-state index is 12.5. The average molecular weight is 183 g/mol. The molecule has 70 valence electrons. The fourth-order valence-corrected chi connectivity index (χ4v) is 1.92. The molecular weight excluding hydrogens is 172 g/mol. The molecule has 1 aromatic rings. The first kappa shape index (κ1) is 8.63. The van der Waals surface area contributed by atoms with Crippen molar-refractivity contribution in [1.82, 2.24) is 0 Å². The first-order valence-corrected chi connectivity index (χ1v) is 4.35. The van der Waals surface area contributed by atoms with E-state index < -0.39 is 6.43 Å². The molecule has 0 aliphatic heterocycles. The average Bonchev–Trinajstić information content (AvgIpc) is 2.48. The monoisotopic (exact) mass is 183 g/mol. The molecule has 0 radical (unpaired) electrons. The summed E-state index contributed by atoms with van der Waals surface area (Å²) in [4.78, 5) is 0. The second kappa shape index (κ2) is 3.07. The van der Waals surface area contributed by atoms with Gasteiger partial charge in [-0.05, 0) is 24.0 Å². The van der Waals surface area contributed by atoms with Gasteiger partial charge in [0.05, 0.1) is 0 Å². The van der Waals surface area contributed by atoms with E-state index in [1.165, 1.54) is 6.07 Å². The largest absolute Gasteiger partial charge is 0.324 e. The summed E-state index contributed by atoms with van der Waals surface area (Å²) in [7, 11) is 0. The van der Waals surface area contributed by atoms with E-state index in [0.717, 1.165) is 17.5 Å². The van der Waals surface area contributed by atoms with E-state index in [2.05, 4.69) is 0 Å². The Labute approximate surface area is 75.6 Å². The van der Waals surface area contributed by atoms with E-state index in [-0.39, 0.29) is 11.6 Å². The zero-order chi connectivity index (χ0) is 9.42. The predicted octanol–water partition coefficient (Wildman–Crippen LogP) is 2.57. The normalized spacial score (nSPS) is 20.8. The number of halogens is 2. The van der Waals surface area contributed by atoms with Gasteiger partial charge in [0.15, 0.2) is 0 Å². The fraction of sp³-hybridized carbons (Fsp3) is 0.400. The van der Waals surface area contributed by atoms with Crippen molar-refractivity contribution in [1.29, 1.82) is 0 Å². The summed E-state index contributed by atoms with van der Waals surface area (Å²) >= 11 is 0. The number of alkyl halides is 2. The molecule has 0 spiro atoms. The molecule has 0 unspecified atom stereocenters. The first-order chi connectivity index (χ1) is 6.20. The third kappa shape index (κ3) is 1.33. The second-order valence-electron chi connectivity index (χ2n) is 3.36. The minimum atomic E-state index is -2.37. The minimum absolute atomic E-state index is 0.0475. The van der Waals surface area contributed by atoms with Crippen LogP contribution in [-0.4, -0.2) is 0 Å². The van der Waals surface area contributed by atoms with Crippen LogP contribution in [0.1, 0.15) is 35.6 Å². The summed E-state index contributed by atoms with van der Waals surface area (Å²) < 4.78 is 25.0. The van der Waals surface area contributed by atoms with Crippen LogP contribution in [-0.2, 0) is 6.42 Å². The van der Waals surface area contributed by atoms with Crippen molar-refractivity contribution < 1.29 is 8.78 Å². The van der Waals surface area contributed by atoms with Crippen LogP contribution in [0.25, 0.3) is 0 Å². The first-order valence-electron chi connectivity index (χ1n) is 4.35. The van der Waals surface area contributed by atoms with Crippen molar-refractivity contribution >= 4 is 0 Å². The molecule has 2 rings (SSSR count). The zero-order valence-corrected chi connectivity index (χ0v) is 7.13. The number of rotatable bonds is 1. The summed E-state index contributed by atoms with van der Waals surface area (Å²) in [6.45, 7) is 0. The van der Waals surface area contributed by atoms with Crippen molar-refractivity contribution in [3.05, 3.63) is 34.9 Å². The molecule has 0 bridgehead atoms. The van der Waals surface area contributed by atoms with Crippen LogP contribution in [0.4, 0.5) is 8.78 Å². The highest BCUT2D eigenvalue weighted by Gasteiger charge is 2.24. The van der Waals surface area contributed by atoms with Crippen molar-refractivity contribution in [2.24, 2.45) is 5.73 Å². The van der Waals surface area contributed by atoms with Crippen LogP contribution in [0.2, 0.25) is 0 Å². The summed E-state index contributed by atoms with van der Waals surface area (Å²) in [6, 6.07) is 4.94. The third-order valence-corrected chi connectivity index (χ3v) is 2.59.